The normalized spacial score (nSPS) is 21.9. The number of rotatable bonds is 8. The molecule has 1 aliphatic rings. The average molecular weight is 557 g/mol. The molecule has 1 aliphatic heterocycles. The summed E-state index contributed by atoms with van der Waals surface area (Å²) in [6.45, 7) is 3.14. The molecule has 1 saturated heterocycles. The number of aromatic nitrogens is 2. The molecule has 36 heavy (non-hydrogen) atoms. The van der Waals surface area contributed by atoms with E-state index in [1.807, 2.05) is 0 Å². The Morgan fingerprint density at radius 2 is 1.61 bits per heavy atom. The maximum Gasteiger partial charge on any atom is 0.430 e. The summed E-state index contributed by atoms with van der Waals surface area (Å²) in [5.74, 6) is -0.332. The minimum absolute atomic E-state index is 0.0847. The van der Waals surface area contributed by atoms with Crippen LogP contribution in [0.5, 0.6) is 11.5 Å². The van der Waals surface area contributed by atoms with Gasteiger partial charge in [0.2, 0.25) is 0 Å². The summed E-state index contributed by atoms with van der Waals surface area (Å²) in [5, 5.41) is 0.477. The van der Waals surface area contributed by atoms with E-state index in [2.05, 4.69) is 4.98 Å². The molecule has 0 saturated carbocycles. The maximum absolute atomic E-state index is 15.2. The predicted octanol–water partition coefficient (Wildman–Crippen LogP) is 5.76. The standard InChI is InChI=1S/C24H24Cl2FN2O6P/c1-14-13-29(24(31)28-22(14)30)23-21(27)15(2)18(33-23)11-12-36(32,34-19-9-5-3-7-16(19)25)35-20-10-6-4-8-17(20)26/h3-10,13,15,18,21,23H,11-12H2,1-2H3,(H,28,30,31)/t15-,18-,21-,23-/m1/s1. The van der Waals surface area contributed by atoms with Crippen LogP contribution < -0.4 is 20.3 Å². The Morgan fingerprint density at radius 3 is 2.17 bits per heavy atom. The number of para-hydroxylation sites is 2. The molecule has 0 radical (unpaired) electrons. The molecule has 2 heterocycles. The van der Waals surface area contributed by atoms with Crippen LogP contribution in [0.3, 0.4) is 0 Å². The van der Waals surface area contributed by atoms with Crippen molar-refractivity contribution in [1.82, 2.24) is 9.55 Å². The predicted molar refractivity (Wildman–Crippen MR) is 135 cm³/mol. The van der Waals surface area contributed by atoms with E-state index < -0.39 is 43.3 Å². The molecular weight excluding hydrogens is 533 g/mol. The van der Waals surface area contributed by atoms with E-state index >= 15 is 4.39 Å². The molecule has 1 N–H and O–H groups in total. The van der Waals surface area contributed by atoms with Gasteiger partial charge in [-0.2, -0.15) is 0 Å². The van der Waals surface area contributed by atoms with Gasteiger partial charge in [0.15, 0.2) is 12.4 Å². The van der Waals surface area contributed by atoms with Crippen LogP contribution in [0.1, 0.15) is 25.1 Å². The Hall–Kier alpha value is -2.58. The van der Waals surface area contributed by atoms with E-state index in [4.69, 9.17) is 37.0 Å². The zero-order chi connectivity index (χ0) is 26.0. The summed E-state index contributed by atoms with van der Waals surface area (Å²) >= 11 is 12.4. The smallest absolute Gasteiger partial charge is 0.414 e. The molecule has 12 heteroatoms. The van der Waals surface area contributed by atoms with Gasteiger partial charge in [-0.25, -0.2) is 13.8 Å². The minimum Gasteiger partial charge on any atom is -0.414 e. The second kappa shape index (κ2) is 10.8. The fraction of sp³-hybridized carbons (Fsp3) is 0.333. The number of aryl methyl sites for hydroxylation is 1. The Morgan fingerprint density at radius 1 is 1.06 bits per heavy atom. The SMILES string of the molecule is Cc1cn([C@@H]2O[C@H](CCP(=O)(Oc3ccccc3Cl)Oc3ccccc3Cl)[C@@H](C)[C@H]2F)c(=O)[nH]c1=O. The van der Waals surface area contributed by atoms with Crippen LogP contribution in [-0.2, 0) is 9.30 Å². The van der Waals surface area contributed by atoms with Crippen LogP contribution in [0, 0.1) is 12.8 Å². The summed E-state index contributed by atoms with van der Waals surface area (Å²) in [4.78, 5) is 26.1. The molecule has 0 unspecified atom stereocenters. The van der Waals surface area contributed by atoms with Crippen LogP contribution in [0.4, 0.5) is 4.39 Å². The highest BCUT2D eigenvalue weighted by Crippen LogP contribution is 2.52. The van der Waals surface area contributed by atoms with Gasteiger partial charge in [-0.1, -0.05) is 54.4 Å². The van der Waals surface area contributed by atoms with Crippen molar-refractivity contribution >= 4 is 30.8 Å². The summed E-state index contributed by atoms with van der Waals surface area (Å²) < 4.78 is 47.5. The summed E-state index contributed by atoms with van der Waals surface area (Å²) in [6, 6.07) is 13.0. The van der Waals surface area contributed by atoms with Crippen molar-refractivity contribution in [3.8, 4) is 11.5 Å². The molecular formula is C24H24Cl2FN2O6P. The molecule has 1 aromatic heterocycles. The first-order chi connectivity index (χ1) is 17.1. The number of hydrogen-bond acceptors (Lipinski definition) is 6. The Balaban J connectivity index is 1.57. The second-order valence-electron chi connectivity index (χ2n) is 8.51. The minimum atomic E-state index is -3.92. The van der Waals surface area contributed by atoms with Gasteiger partial charge in [-0.15, -0.1) is 0 Å². The van der Waals surface area contributed by atoms with E-state index in [1.54, 1.807) is 55.5 Å². The lowest BCUT2D eigenvalue weighted by Crippen LogP contribution is -2.36. The maximum atomic E-state index is 15.2. The van der Waals surface area contributed by atoms with Crippen LogP contribution in [-0.4, -0.2) is 28.0 Å². The fourth-order valence-electron chi connectivity index (χ4n) is 3.90. The number of H-pyrrole nitrogens is 1. The number of ether oxygens (including phenoxy) is 1. The van der Waals surface area contributed by atoms with Gasteiger partial charge in [0.25, 0.3) is 5.56 Å². The molecule has 2 aromatic carbocycles. The van der Waals surface area contributed by atoms with Gasteiger partial charge < -0.3 is 13.8 Å². The highest BCUT2D eigenvalue weighted by Gasteiger charge is 2.45. The van der Waals surface area contributed by atoms with Gasteiger partial charge in [0.05, 0.1) is 22.3 Å². The number of benzene rings is 2. The zero-order valence-corrected chi connectivity index (χ0v) is 21.8. The highest BCUT2D eigenvalue weighted by molar-refractivity contribution is 7.54. The molecule has 0 bridgehead atoms. The molecule has 4 atom stereocenters. The van der Waals surface area contributed by atoms with Crippen LogP contribution in [0.15, 0.2) is 64.3 Å². The van der Waals surface area contributed by atoms with Crippen molar-refractivity contribution in [2.75, 3.05) is 6.16 Å². The number of nitrogens with zero attached hydrogens (tertiary/aromatic N) is 1. The third-order valence-corrected chi connectivity index (χ3v) is 8.31. The largest absolute Gasteiger partial charge is 0.430 e. The summed E-state index contributed by atoms with van der Waals surface area (Å²) in [7, 11) is -3.92. The van der Waals surface area contributed by atoms with Crippen molar-refractivity contribution in [2.45, 2.75) is 38.8 Å². The fourth-order valence-corrected chi connectivity index (χ4v) is 6.06. The highest BCUT2D eigenvalue weighted by atomic mass is 35.5. The van der Waals surface area contributed by atoms with E-state index in [0.717, 1.165) is 4.57 Å². The topological polar surface area (TPSA) is 99.6 Å². The van der Waals surface area contributed by atoms with Gasteiger partial charge in [-0.05, 0) is 37.6 Å². The number of halogens is 3. The van der Waals surface area contributed by atoms with Crippen molar-refractivity contribution in [3.63, 3.8) is 0 Å². The number of aromatic amines is 1. The van der Waals surface area contributed by atoms with Crippen molar-refractivity contribution in [2.24, 2.45) is 5.92 Å². The first kappa shape index (κ1) is 26.5. The Labute approximate surface area is 216 Å². The van der Waals surface area contributed by atoms with Gasteiger partial charge >= 0.3 is 13.3 Å². The van der Waals surface area contributed by atoms with Crippen molar-refractivity contribution in [3.05, 3.63) is 91.2 Å². The Kier molecular flexibility index (Phi) is 7.95. The number of nitrogens with one attached hydrogen (secondary N) is 1. The van der Waals surface area contributed by atoms with E-state index in [0.29, 0.717) is 0 Å². The molecule has 8 nitrogen and oxygen atoms in total. The van der Waals surface area contributed by atoms with Crippen molar-refractivity contribution < 1.29 is 22.7 Å². The Bertz CT molecular complexity index is 1360. The lowest BCUT2D eigenvalue weighted by Gasteiger charge is -2.23. The molecule has 0 spiro atoms. The third kappa shape index (κ3) is 5.70. The zero-order valence-electron chi connectivity index (χ0n) is 19.4. The van der Waals surface area contributed by atoms with Gasteiger partial charge in [-0.3, -0.25) is 14.3 Å². The monoisotopic (exact) mass is 556 g/mol. The van der Waals surface area contributed by atoms with Crippen LogP contribution >= 0.6 is 30.8 Å². The van der Waals surface area contributed by atoms with Crippen molar-refractivity contribution in [1.29, 1.82) is 0 Å². The van der Waals surface area contributed by atoms with Gasteiger partial charge in [0, 0.05) is 17.7 Å². The first-order valence-corrected chi connectivity index (χ1v) is 13.7. The molecule has 1 fully saturated rings. The quantitative estimate of drug-likeness (QED) is 0.354. The number of hydrogen-bond donors (Lipinski definition) is 1. The van der Waals surface area contributed by atoms with E-state index in [-0.39, 0.29) is 39.7 Å². The molecule has 0 aliphatic carbocycles. The molecule has 4 rings (SSSR count). The molecule has 3 aromatic rings. The van der Waals surface area contributed by atoms with E-state index in [9.17, 15) is 14.2 Å². The molecule has 0 amide bonds. The molecule has 192 valence electrons. The number of alkyl halides is 1. The van der Waals surface area contributed by atoms with Crippen LogP contribution in [0.2, 0.25) is 10.0 Å². The van der Waals surface area contributed by atoms with E-state index in [1.165, 1.54) is 13.1 Å². The third-order valence-electron chi connectivity index (χ3n) is 5.93. The van der Waals surface area contributed by atoms with Gasteiger partial charge in [0.1, 0.15) is 11.5 Å². The lowest BCUT2D eigenvalue weighted by atomic mass is 10.00. The first-order valence-electron chi connectivity index (χ1n) is 11.2. The van der Waals surface area contributed by atoms with Crippen LogP contribution in [0.25, 0.3) is 0 Å². The average Bonchev–Trinajstić information content (AvgIpc) is 3.12. The second-order valence-corrected chi connectivity index (χ2v) is 11.4. The summed E-state index contributed by atoms with van der Waals surface area (Å²) in [6.07, 6.45) is -2.33. The summed E-state index contributed by atoms with van der Waals surface area (Å²) in [5.41, 5.74) is -1.09. The lowest BCUT2D eigenvalue weighted by molar-refractivity contribution is -0.0237.